The molecule has 0 aromatic carbocycles. The lowest BCUT2D eigenvalue weighted by molar-refractivity contribution is -0.0468. The molecule has 1 N–H and O–H groups in total. The number of ether oxygens (including phenoxy) is 1. The second-order valence-electron chi connectivity index (χ2n) is 4.67. The monoisotopic (exact) mass is 270 g/mol. The van der Waals surface area contributed by atoms with E-state index >= 15 is 0 Å². The highest BCUT2D eigenvalue weighted by Gasteiger charge is 2.35. The van der Waals surface area contributed by atoms with E-state index in [-0.39, 0.29) is 5.60 Å². The quantitative estimate of drug-likeness (QED) is 0.788. The Hall–Kier alpha value is -0.450. The largest absolute Gasteiger partial charge is 0.377 e. The summed E-state index contributed by atoms with van der Waals surface area (Å²) in [6, 6.07) is 0.327. The van der Waals surface area contributed by atoms with Gasteiger partial charge in [-0.05, 0) is 26.3 Å². The van der Waals surface area contributed by atoms with Gasteiger partial charge in [0.15, 0.2) is 0 Å². The van der Waals surface area contributed by atoms with Crippen LogP contribution in [0.4, 0.5) is 0 Å². The molecule has 0 aliphatic carbocycles. The van der Waals surface area contributed by atoms with Crippen molar-refractivity contribution in [2.45, 2.75) is 58.6 Å². The smallest absolute Gasteiger partial charge is 0.0944 e. The zero-order chi connectivity index (χ0) is 13.6. The first-order valence-corrected chi connectivity index (χ1v) is 7.69. The number of nitrogens with one attached hydrogen (secondary N) is 1. The second-order valence-corrected chi connectivity index (χ2v) is 5.62. The number of hydrogen-bond donors (Lipinski definition) is 1. The third-order valence-corrected chi connectivity index (χ3v) is 4.72. The van der Waals surface area contributed by atoms with E-state index in [1.165, 1.54) is 5.01 Å². The highest BCUT2D eigenvalue weighted by atomic mass is 32.1. The molecule has 1 heterocycles. The maximum absolute atomic E-state index is 5.84. The van der Waals surface area contributed by atoms with Crippen molar-refractivity contribution in [1.82, 2.24) is 10.3 Å². The van der Waals surface area contributed by atoms with Crippen LogP contribution < -0.4 is 5.32 Å². The number of thiazole rings is 1. The van der Waals surface area contributed by atoms with Crippen LogP contribution in [0, 0.1) is 6.92 Å². The molecule has 0 spiro atoms. The molecule has 0 saturated carbocycles. The highest BCUT2D eigenvalue weighted by Crippen LogP contribution is 2.27. The molecule has 0 aliphatic heterocycles. The van der Waals surface area contributed by atoms with Crippen LogP contribution in [0.3, 0.4) is 0 Å². The van der Waals surface area contributed by atoms with E-state index in [0.717, 1.165) is 31.5 Å². The van der Waals surface area contributed by atoms with Crippen LogP contribution in [0.5, 0.6) is 0 Å². The summed E-state index contributed by atoms with van der Waals surface area (Å²) in [6.45, 7) is 9.55. The Labute approximate surface area is 115 Å². The zero-order valence-corrected chi connectivity index (χ0v) is 13.1. The van der Waals surface area contributed by atoms with Crippen molar-refractivity contribution in [3.05, 3.63) is 16.1 Å². The van der Waals surface area contributed by atoms with Gasteiger partial charge in [0.1, 0.15) is 0 Å². The van der Waals surface area contributed by atoms with Gasteiger partial charge in [-0.15, -0.1) is 11.3 Å². The lowest BCUT2D eigenvalue weighted by Gasteiger charge is -2.38. The van der Waals surface area contributed by atoms with Crippen molar-refractivity contribution >= 4 is 11.3 Å². The van der Waals surface area contributed by atoms with Crippen LogP contribution in [-0.2, 0) is 11.2 Å². The van der Waals surface area contributed by atoms with Crippen LogP contribution in [0.25, 0.3) is 0 Å². The van der Waals surface area contributed by atoms with Gasteiger partial charge in [0.25, 0.3) is 0 Å². The summed E-state index contributed by atoms with van der Waals surface area (Å²) in [5.41, 5.74) is 1.02. The Balaban J connectivity index is 2.86. The van der Waals surface area contributed by atoms with Crippen molar-refractivity contribution in [3.8, 4) is 0 Å². The van der Waals surface area contributed by atoms with Crippen molar-refractivity contribution in [3.63, 3.8) is 0 Å². The molecular weight excluding hydrogens is 244 g/mol. The molecule has 1 aromatic heterocycles. The predicted molar refractivity (Wildman–Crippen MR) is 78.3 cm³/mol. The summed E-state index contributed by atoms with van der Waals surface area (Å²) in [5, 5.41) is 6.89. The number of hydrogen-bond acceptors (Lipinski definition) is 4. The van der Waals surface area contributed by atoms with Gasteiger partial charge in [-0.2, -0.15) is 0 Å². The predicted octanol–water partition coefficient (Wildman–Crippen LogP) is 3.18. The molecule has 104 valence electrons. The number of rotatable bonds is 8. The maximum atomic E-state index is 5.84. The molecular formula is C14H26N2OS. The summed E-state index contributed by atoms with van der Waals surface area (Å²) in [6.07, 6.45) is 2.98. The van der Waals surface area contributed by atoms with E-state index in [0.29, 0.717) is 6.04 Å². The second kappa shape index (κ2) is 7.22. The van der Waals surface area contributed by atoms with Crippen molar-refractivity contribution in [2.75, 3.05) is 13.7 Å². The average molecular weight is 270 g/mol. The lowest BCUT2D eigenvalue weighted by atomic mass is 9.86. The standard InChI is InChI=1S/C14H26N2OS/c1-6-14(7-2,17-5)12(15-8-3)9-13-16-11(4)10-18-13/h10,12,15H,6-9H2,1-5H3. The first-order valence-electron chi connectivity index (χ1n) is 6.81. The molecule has 4 heteroatoms. The molecule has 0 amide bonds. The topological polar surface area (TPSA) is 34.2 Å². The third-order valence-electron chi connectivity index (χ3n) is 3.73. The van der Waals surface area contributed by atoms with Gasteiger partial charge in [0.2, 0.25) is 0 Å². The zero-order valence-electron chi connectivity index (χ0n) is 12.2. The van der Waals surface area contributed by atoms with Crippen LogP contribution in [0.2, 0.25) is 0 Å². The third kappa shape index (κ3) is 3.53. The molecule has 1 rings (SSSR count). The van der Waals surface area contributed by atoms with Crippen LogP contribution in [0.15, 0.2) is 5.38 Å². The van der Waals surface area contributed by atoms with Gasteiger partial charge in [-0.25, -0.2) is 4.98 Å². The summed E-state index contributed by atoms with van der Waals surface area (Å²) in [4.78, 5) is 4.57. The summed E-state index contributed by atoms with van der Waals surface area (Å²) in [7, 11) is 1.82. The Bertz CT molecular complexity index is 339. The van der Waals surface area contributed by atoms with E-state index < -0.39 is 0 Å². The van der Waals surface area contributed by atoms with E-state index in [1.807, 2.05) is 14.0 Å². The summed E-state index contributed by atoms with van der Waals surface area (Å²) < 4.78 is 5.84. The van der Waals surface area contributed by atoms with E-state index in [1.54, 1.807) is 11.3 Å². The van der Waals surface area contributed by atoms with Gasteiger partial charge in [-0.1, -0.05) is 20.8 Å². The molecule has 0 fully saturated rings. The van der Waals surface area contributed by atoms with Crippen molar-refractivity contribution in [2.24, 2.45) is 0 Å². The Kier molecular flexibility index (Phi) is 6.26. The molecule has 0 bridgehead atoms. The fourth-order valence-electron chi connectivity index (χ4n) is 2.54. The molecule has 1 unspecified atom stereocenters. The Morgan fingerprint density at radius 1 is 1.39 bits per heavy atom. The summed E-state index contributed by atoms with van der Waals surface area (Å²) in [5.74, 6) is 0. The van der Waals surface area contributed by atoms with Crippen molar-refractivity contribution in [1.29, 1.82) is 0 Å². The van der Waals surface area contributed by atoms with Crippen LogP contribution >= 0.6 is 11.3 Å². The Morgan fingerprint density at radius 2 is 2.06 bits per heavy atom. The number of likely N-dealkylation sites (N-methyl/N-ethyl adjacent to an activating group) is 1. The van der Waals surface area contributed by atoms with Gasteiger partial charge in [0.05, 0.1) is 10.6 Å². The number of methoxy groups -OCH3 is 1. The first-order chi connectivity index (χ1) is 8.61. The van der Waals surface area contributed by atoms with E-state index in [9.17, 15) is 0 Å². The fraction of sp³-hybridized carbons (Fsp3) is 0.786. The number of nitrogens with zero attached hydrogens (tertiary/aromatic N) is 1. The van der Waals surface area contributed by atoms with Gasteiger partial charge in [0, 0.05) is 30.6 Å². The molecule has 1 atom stereocenters. The fourth-order valence-corrected chi connectivity index (χ4v) is 3.35. The van der Waals surface area contributed by atoms with Gasteiger partial charge >= 0.3 is 0 Å². The molecule has 0 saturated heterocycles. The minimum atomic E-state index is -0.0877. The molecule has 0 aliphatic rings. The van der Waals surface area contributed by atoms with Crippen LogP contribution in [0.1, 0.15) is 44.3 Å². The molecule has 1 aromatic rings. The maximum Gasteiger partial charge on any atom is 0.0944 e. The average Bonchev–Trinajstić information content (AvgIpc) is 2.78. The number of aromatic nitrogens is 1. The highest BCUT2D eigenvalue weighted by molar-refractivity contribution is 7.09. The lowest BCUT2D eigenvalue weighted by Crippen LogP contribution is -2.52. The first kappa shape index (κ1) is 15.6. The van der Waals surface area contributed by atoms with Crippen molar-refractivity contribution < 1.29 is 4.74 Å². The van der Waals surface area contributed by atoms with Crippen LogP contribution in [-0.4, -0.2) is 30.3 Å². The van der Waals surface area contributed by atoms with E-state index in [2.05, 4.69) is 36.5 Å². The van der Waals surface area contributed by atoms with Gasteiger partial charge in [-0.3, -0.25) is 0 Å². The SMILES string of the molecule is CCNC(Cc1nc(C)cs1)C(CC)(CC)OC. The minimum Gasteiger partial charge on any atom is -0.377 e. The molecule has 0 radical (unpaired) electrons. The molecule has 3 nitrogen and oxygen atoms in total. The number of aryl methyl sites for hydroxylation is 1. The summed E-state index contributed by atoms with van der Waals surface area (Å²) >= 11 is 1.74. The minimum absolute atomic E-state index is 0.0877. The van der Waals surface area contributed by atoms with Gasteiger partial charge < -0.3 is 10.1 Å². The normalized spacial score (nSPS) is 13.8. The Morgan fingerprint density at radius 3 is 2.44 bits per heavy atom. The molecule has 18 heavy (non-hydrogen) atoms. The van der Waals surface area contributed by atoms with E-state index in [4.69, 9.17) is 4.74 Å².